The third kappa shape index (κ3) is 5.00. The molecule has 3 rings (SSSR count). The number of rotatable bonds is 6. The Labute approximate surface area is 166 Å². The predicted molar refractivity (Wildman–Crippen MR) is 109 cm³/mol. The van der Waals surface area contributed by atoms with E-state index >= 15 is 0 Å². The van der Waals surface area contributed by atoms with E-state index in [0.29, 0.717) is 18.0 Å². The van der Waals surface area contributed by atoms with Crippen molar-refractivity contribution in [2.24, 2.45) is 5.92 Å². The summed E-state index contributed by atoms with van der Waals surface area (Å²) in [6, 6.07) is 8.03. The molecule has 0 aliphatic heterocycles. The summed E-state index contributed by atoms with van der Waals surface area (Å²) in [5, 5.41) is 7.37. The lowest BCUT2D eigenvalue weighted by Gasteiger charge is -2.20. The van der Waals surface area contributed by atoms with Crippen LogP contribution in [0, 0.1) is 26.7 Å². The number of carbonyl (C=O) groups is 2. The van der Waals surface area contributed by atoms with Gasteiger partial charge in [-0.05, 0) is 51.7 Å². The summed E-state index contributed by atoms with van der Waals surface area (Å²) in [6.45, 7) is 5.53. The highest BCUT2D eigenvalue weighted by atomic mass is 16.5. The number of nitrogens with one attached hydrogen (secondary N) is 1. The number of nitrogens with zero attached hydrogens (tertiary/aromatic N) is 2. The molecule has 1 heterocycles. The maximum absolute atomic E-state index is 12.3. The second-order valence-electron chi connectivity index (χ2n) is 7.71. The van der Waals surface area contributed by atoms with Gasteiger partial charge in [0.05, 0.1) is 22.8 Å². The first kappa shape index (κ1) is 20.1. The van der Waals surface area contributed by atoms with E-state index in [2.05, 4.69) is 10.4 Å². The summed E-state index contributed by atoms with van der Waals surface area (Å²) in [5.41, 5.74) is 4.33. The predicted octanol–water partition coefficient (Wildman–Crippen LogP) is 4.25. The van der Waals surface area contributed by atoms with Crippen molar-refractivity contribution in [2.75, 3.05) is 11.9 Å². The number of benzene rings is 1. The van der Waals surface area contributed by atoms with Crippen LogP contribution in [0.2, 0.25) is 0 Å². The summed E-state index contributed by atoms with van der Waals surface area (Å²) in [7, 11) is 0. The first-order chi connectivity index (χ1) is 13.4. The van der Waals surface area contributed by atoms with Gasteiger partial charge in [0.15, 0.2) is 6.61 Å². The van der Waals surface area contributed by atoms with Crippen LogP contribution >= 0.6 is 0 Å². The highest BCUT2D eigenvalue weighted by Crippen LogP contribution is 2.26. The van der Waals surface area contributed by atoms with E-state index in [4.69, 9.17) is 4.74 Å². The Kier molecular flexibility index (Phi) is 6.49. The first-order valence-corrected chi connectivity index (χ1v) is 10.0. The van der Waals surface area contributed by atoms with Crippen LogP contribution < -0.4 is 5.32 Å². The normalized spacial score (nSPS) is 14.7. The van der Waals surface area contributed by atoms with E-state index < -0.39 is 0 Å². The van der Waals surface area contributed by atoms with Gasteiger partial charge in [-0.3, -0.25) is 9.59 Å². The fraction of sp³-hybridized carbons (Fsp3) is 0.500. The Morgan fingerprint density at radius 1 is 1.11 bits per heavy atom. The molecule has 1 N–H and O–H groups in total. The minimum Gasteiger partial charge on any atom is -0.456 e. The molecule has 0 bridgehead atoms. The van der Waals surface area contributed by atoms with Crippen LogP contribution in [-0.4, -0.2) is 28.3 Å². The molecule has 1 fully saturated rings. The van der Waals surface area contributed by atoms with Gasteiger partial charge in [0, 0.05) is 6.42 Å². The molecular formula is C22H29N3O3. The number of amides is 1. The molecule has 6 heteroatoms. The van der Waals surface area contributed by atoms with Crippen LogP contribution in [0.5, 0.6) is 0 Å². The van der Waals surface area contributed by atoms with Gasteiger partial charge >= 0.3 is 5.97 Å². The van der Waals surface area contributed by atoms with Crippen LogP contribution in [-0.2, 0) is 14.3 Å². The Bertz CT molecular complexity index is 833. The largest absolute Gasteiger partial charge is 0.456 e. The monoisotopic (exact) mass is 383 g/mol. The number of esters is 1. The zero-order valence-electron chi connectivity index (χ0n) is 17.0. The molecule has 1 aromatic heterocycles. The molecule has 0 saturated heterocycles. The quantitative estimate of drug-likeness (QED) is 0.757. The number of aromatic nitrogens is 2. The molecule has 0 unspecified atom stereocenters. The summed E-state index contributed by atoms with van der Waals surface area (Å²) < 4.78 is 6.99. The summed E-state index contributed by atoms with van der Waals surface area (Å²) in [5.74, 6) is -0.223. The molecule has 1 aliphatic carbocycles. The summed E-state index contributed by atoms with van der Waals surface area (Å²) in [4.78, 5) is 24.3. The third-order valence-corrected chi connectivity index (χ3v) is 5.38. The standard InChI is InChI=1S/C22H29N3O3/c1-15-9-11-19(12-10-15)25-17(3)22(16(2)24-25)23-20(26)14-28-21(27)13-18-7-5-4-6-8-18/h9-12,18H,4-8,13-14H2,1-3H3,(H,23,26). The average molecular weight is 383 g/mol. The highest BCUT2D eigenvalue weighted by molar-refractivity contribution is 5.93. The van der Waals surface area contributed by atoms with Crippen molar-refractivity contribution in [3.8, 4) is 5.69 Å². The fourth-order valence-corrected chi connectivity index (χ4v) is 3.77. The molecular weight excluding hydrogens is 354 g/mol. The van der Waals surface area contributed by atoms with Crippen LogP contribution in [0.1, 0.15) is 55.5 Å². The van der Waals surface area contributed by atoms with E-state index in [1.807, 2.05) is 45.0 Å². The minimum atomic E-state index is -0.341. The fourth-order valence-electron chi connectivity index (χ4n) is 3.77. The lowest BCUT2D eigenvalue weighted by atomic mass is 9.87. The van der Waals surface area contributed by atoms with Crippen molar-refractivity contribution in [2.45, 2.75) is 59.3 Å². The molecule has 28 heavy (non-hydrogen) atoms. The molecule has 0 radical (unpaired) electrons. The van der Waals surface area contributed by atoms with Crippen molar-refractivity contribution < 1.29 is 14.3 Å². The second kappa shape index (κ2) is 9.04. The molecule has 0 atom stereocenters. The second-order valence-corrected chi connectivity index (χ2v) is 7.71. The van der Waals surface area contributed by atoms with Gasteiger partial charge in [-0.2, -0.15) is 5.10 Å². The summed E-state index contributed by atoms with van der Waals surface area (Å²) in [6.07, 6.45) is 6.19. The van der Waals surface area contributed by atoms with Crippen molar-refractivity contribution in [1.82, 2.24) is 9.78 Å². The van der Waals surface area contributed by atoms with Gasteiger partial charge in [0.25, 0.3) is 5.91 Å². The van der Waals surface area contributed by atoms with Crippen molar-refractivity contribution in [3.63, 3.8) is 0 Å². The number of aryl methyl sites for hydroxylation is 2. The van der Waals surface area contributed by atoms with Gasteiger partial charge in [0.1, 0.15) is 0 Å². The SMILES string of the molecule is Cc1ccc(-n2nc(C)c(NC(=O)COC(=O)CC3CCCCC3)c2C)cc1. The van der Waals surface area contributed by atoms with Crippen LogP contribution in [0.4, 0.5) is 5.69 Å². The molecule has 1 aromatic carbocycles. The van der Waals surface area contributed by atoms with E-state index in [-0.39, 0.29) is 18.5 Å². The van der Waals surface area contributed by atoms with Crippen LogP contribution in [0.3, 0.4) is 0 Å². The summed E-state index contributed by atoms with van der Waals surface area (Å²) >= 11 is 0. The van der Waals surface area contributed by atoms with E-state index in [1.54, 1.807) is 4.68 Å². The van der Waals surface area contributed by atoms with Crippen molar-refractivity contribution >= 4 is 17.6 Å². The van der Waals surface area contributed by atoms with Crippen LogP contribution in [0.15, 0.2) is 24.3 Å². The number of hydrogen-bond donors (Lipinski definition) is 1. The molecule has 2 aromatic rings. The maximum atomic E-state index is 12.3. The molecule has 0 spiro atoms. The highest BCUT2D eigenvalue weighted by Gasteiger charge is 2.20. The molecule has 6 nitrogen and oxygen atoms in total. The van der Waals surface area contributed by atoms with Gasteiger partial charge < -0.3 is 10.1 Å². The number of anilines is 1. The lowest BCUT2D eigenvalue weighted by molar-refractivity contribution is -0.148. The molecule has 1 aliphatic rings. The van der Waals surface area contributed by atoms with Crippen molar-refractivity contribution in [1.29, 1.82) is 0 Å². The lowest BCUT2D eigenvalue weighted by Crippen LogP contribution is -2.23. The van der Waals surface area contributed by atoms with Crippen LogP contribution in [0.25, 0.3) is 5.69 Å². The Hall–Kier alpha value is -2.63. The Morgan fingerprint density at radius 2 is 1.79 bits per heavy atom. The maximum Gasteiger partial charge on any atom is 0.306 e. The minimum absolute atomic E-state index is 0.264. The van der Waals surface area contributed by atoms with E-state index in [1.165, 1.54) is 24.8 Å². The Balaban J connectivity index is 1.56. The molecule has 150 valence electrons. The molecule has 1 amide bonds. The zero-order chi connectivity index (χ0) is 20.1. The van der Waals surface area contributed by atoms with Gasteiger partial charge in [0.2, 0.25) is 0 Å². The third-order valence-electron chi connectivity index (χ3n) is 5.38. The smallest absolute Gasteiger partial charge is 0.306 e. The number of hydrogen-bond acceptors (Lipinski definition) is 4. The van der Waals surface area contributed by atoms with E-state index in [0.717, 1.165) is 29.9 Å². The zero-order valence-corrected chi connectivity index (χ0v) is 17.0. The first-order valence-electron chi connectivity index (χ1n) is 10.0. The van der Waals surface area contributed by atoms with Crippen molar-refractivity contribution in [3.05, 3.63) is 41.2 Å². The van der Waals surface area contributed by atoms with Gasteiger partial charge in [-0.1, -0.05) is 37.0 Å². The topological polar surface area (TPSA) is 73.2 Å². The number of ether oxygens (including phenoxy) is 1. The van der Waals surface area contributed by atoms with Gasteiger partial charge in [-0.25, -0.2) is 4.68 Å². The van der Waals surface area contributed by atoms with Gasteiger partial charge in [-0.15, -0.1) is 0 Å². The number of carbonyl (C=O) groups excluding carboxylic acids is 2. The Morgan fingerprint density at radius 3 is 2.46 bits per heavy atom. The van der Waals surface area contributed by atoms with E-state index in [9.17, 15) is 9.59 Å². The average Bonchev–Trinajstić information content (AvgIpc) is 2.96. The molecule has 1 saturated carbocycles.